The molecule has 2 aromatic rings. The maximum atomic E-state index is 13.1. The molecule has 1 unspecified atom stereocenters. The summed E-state index contributed by atoms with van der Waals surface area (Å²) in [5, 5.41) is 0. The lowest BCUT2D eigenvalue weighted by Crippen LogP contribution is -2.48. The Balaban J connectivity index is 1.91. The van der Waals surface area contributed by atoms with Crippen molar-refractivity contribution in [1.82, 2.24) is 0 Å². The Labute approximate surface area is 141 Å². The van der Waals surface area contributed by atoms with Crippen LogP contribution in [0.1, 0.15) is 19.4 Å². The Morgan fingerprint density at radius 2 is 1.92 bits per heavy atom. The van der Waals surface area contributed by atoms with E-state index in [0.29, 0.717) is 30.3 Å². The van der Waals surface area contributed by atoms with Crippen molar-refractivity contribution in [3.8, 4) is 5.75 Å². The number of ether oxygens (including phenoxy) is 1. The minimum atomic E-state index is -0.636. The minimum Gasteiger partial charge on any atom is -0.478 e. The van der Waals surface area contributed by atoms with Gasteiger partial charge in [-0.3, -0.25) is 4.79 Å². The number of hydrogen-bond donors (Lipinski definition) is 1. The van der Waals surface area contributed by atoms with Gasteiger partial charge in [0.15, 0.2) is 6.10 Å². The van der Waals surface area contributed by atoms with Gasteiger partial charge in [0.2, 0.25) is 0 Å². The van der Waals surface area contributed by atoms with E-state index in [4.69, 9.17) is 10.5 Å². The number of anilines is 2. The molecule has 1 aliphatic heterocycles. The zero-order valence-electron chi connectivity index (χ0n) is 13.8. The third kappa shape index (κ3) is 3.35. The number of fused-ring (bicyclic) bond motifs is 1. The van der Waals surface area contributed by atoms with Crippen molar-refractivity contribution in [1.29, 1.82) is 0 Å². The molecule has 4 nitrogen and oxygen atoms in total. The third-order valence-electron chi connectivity index (χ3n) is 3.97. The molecule has 0 aliphatic carbocycles. The fraction of sp³-hybridized carbons (Fsp3) is 0.316. The fourth-order valence-electron chi connectivity index (χ4n) is 2.86. The lowest BCUT2D eigenvalue weighted by atomic mass is 10.0. The summed E-state index contributed by atoms with van der Waals surface area (Å²) in [7, 11) is 0. The summed E-state index contributed by atoms with van der Waals surface area (Å²) in [6, 6.07) is 11.5. The van der Waals surface area contributed by atoms with Crippen molar-refractivity contribution >= 4 is 17.3 Å². The number of amides is 1. The Hall–Kier alpha value is -2.56. The number of halogens is 1. The molecular weight excluding hydrogens is 307 g/mol. The number of rotatable bonds is 4. The molecule has 0 aromatic heterocycles. The summed E-state index contributed by atoms with van der Waals surface area (Å²) in [6.45, 7) is 4.74. The monoisotopic (exact) mass is 328 g/mol. The number of carbonyl (C=O) groups excluding carboxylic acids is 1. The van der Waals surface area contributed by atoms with E-state index in [-0.39, 0.29) is 11.7 Å². The Morgan fingerprint density at radius 1 is 1.21 bits per heavy atom. The average Bonchev–Trinajstić information content (AvgIpc) is 2.53. The van der Waals surface area contributed by atoms with Crippen LogP contribution in [0.4, 0.5) is 15.8 Å². The maximum absolute atomic E-state index is 13.1. The van der Waals surface area contributed by atoms with Crippen LogP contribution in [0, 0.1) is 11.7 Å². The average molecular weight is 328 g/mol. The molecule has 1 atom stereocenters. The number of nitrogens with zero attached hydrogens (tertiary/aromatic N) is 1. The van der Waals surface area contributed by atoms with Gasteiger partial charge in [0.1, 0.15) is 11.6 Å². The number of nitrogens with two attached hydrogens (primary N) is 1. The highest BCUT2D eigenvalue weighted by molar-refractivity contribution is 6.00. The molecule has 1 amide bonds. The minimum absolute atomic E-state index is 0.0784. The molecule has 0 spiro atoms. The molecule has 0 bridgehead atoms. The predicted molar refractivity (Wildman–Crippen MR) is 92.6 cm³/mol. The molecule has 0 fully saturated rings. The fourth-order valence-corrected chi connectivity index (χ4v) is 2.86. The van der Waals surface area contributed by atoms with E-state index in [2.05, 4.69) is 13.8 Å². The third-order valence-corrected chi connectivity index (χ3v) is 3.97. The summed E-state index contributed by atoms with van der Waals surface area (Å²) in [6.07, 6.45) is -0.245. The van der Waals surface area contributed by atoms with E-state index in [1.165, 1.54) is 12.1 Å². The van der Waals surface area contributed by atoms with Crippen molar-refractivity contribution < 1.29 is 13.9 Å². The van der Waals surface area contributed by atoms with Crippen LogP contribution in [0.2, 0.25) is 0 Å². The second-order valence-electron chi connectivity index (χ2n) is 6.51. The number of nitrogen functional groups attached to an aromatic ring is 1. The summed E-state index contributed by atoms with van der Waals surface area (Å²) in [4.78, 5) is 14.6. The quantitative estimate of drug-likeness (QED) is 0.875. The van der Waals surface area contributed by atoms with Gasteiger partial charge in [0.05, 0.1) is 5.69 Å². The van der Waals surface area contributed by atoms with E-state index in [1.54, 1.807) is 29.2 Å². The topological polar surface area (TPSA) is 55.6 Å². The van der Waals surface area contributed by atoms with Crippen molar-refractivity contribution in [2.24, 2.45) is 5.92 Å². The van der Waals surface area contributed by atoms with Crippen LogP contribution in [-0.4, -0.2) is 18.6 Å². The Kier molecular flexibility index (Phi) is 4.42. The first-order chi connectivity index (χ1) is 11.4. The predicted octanol–water partition coefficient (Wildman–Crippen LogP) is 3.40. The first kappa shape index (κ1) is 16.3. The van der Waals surface area contributed by atoms with Crippen LogP contribution in [-0.2, 0) is 11.2 Å². The van der Waals surface area contributed by atoms with Crippen molar-refractivity contribution in [3.05, 3.63) is 53.8 Å². The molecule has 1 heterocycles. The van der Waals surface area contributed by atoms with Gasteiger partial charge < -0.3 is 15.4 Å². The van der Waals surface area contributed by atoms with Crippen LogP contribution < -0.4 is 15.4 Å². The van der Waals surface area contributed by atoms with Crippen LogP contribution in [0.15, 0.2) is 42.5 Å². The molecule has 126 valence electrons. The van der Waals surface area contributed by atoms with Crippen molar-refractivity contribution in [2.45, 2.75) is 26.4 Å². The van der Waals surface area contributed by atoms with Gasteiger partial charge in [-0.1, -0.05) is 26.0 Å². The summed E-state index contributed by atoms with van der Waals surface area (Å²) < 4.78 is 19.0. The Morgan fingerprint density at radius 3 is 2.58 bits per heavy atom. The van der Waals surface area contributed by atoms with Gasteiger partial charge in [-0.25, -0.2) is 4.39 Å². The van der Waals surface area contributed by atoms with Gasteiger partial charge in [-0.2, -0.15) is 0 Å². The molecule has 0 saturated heterocycles. The van der Waals surface area contributed by atoms with E-state index in [0.717, 1.165) is 11.3 Å². The first-order valence-corrected chi connectivity index (χ1v) is 8.06. The highest BCUT2D eigenvalue weighted by Gasteiger charge is 2.34. The van der Waals surface area contributed by atoms with Crippen molar-refractivity contribution in [3.63, 3.8) is 0 Å². The van der Waals surface area contributed by atoms with Crippen LogP contribution in [0.3, 0.4) is 0 Å². The Bertz CT molecular complexity index is 744. The van der Waals surface area contributed by atoms with E-state index in [1.807, 2.05) is 6.07 Å². The largest absolute Gasteiger partial charge is 0.478 e. The second kappa shape index (κ2) is 6.51. The van der Waals surface area contributed by atoms with Gasteiger partial charge in [-0.15, -0.1) is 0 Å². The maximum Gasteiger partial charge on any atom is 0.268 e. The zero-order chi connectivity index (χ0) is 17.3. The zero-order valence-corrected chi connectivity index (χ0v) is 13.8. The van der Waals surface area contributed by atoms with Gasteiger partial charge in [-0.05, 0) is 35.7 Å². The SMILES string of the molecule is CC(C)CN1C(=O)C(Cc2ccc(F)cc2)Oc2cc(N)ccc21. The highest BCUT2D eigenvalue weighted by Crippen LogP contribution is 2.36. The molecule has 3 rings (SSSR count). The molecule has 2 N–H and O–H groups in total. The molecule has 2 aromatic carbocycles. The molecule has 0 radical (unpaired) electrons. The smallest absolute Gasteiger partial charge is 0.268 e. The summed E-state index contributed by atoms with van der Waals surface area (Å²) >= 11 is 0. The molecule has 5 heteroatoms. The number of carbonyl (C=O) groups is 1. The highest BCUT2D eigenvalue weighted by atomic mass is 19.1. The van der Waals surface area contributed by atoms with Crippen LogP contribution >= 0.6 is 0 Å². The van der Waals surface area contributed by atoms with Crippen LogP contribution in [0.5, 0.6) is 5.75 Å². The molecular formula is C19H21FN2O2. The van der Waals surface area contributed by atoms with Crippen LogP contribution in [0.25, 0.3) is 0 Å². The normalized spacial score (nSPS) is 16.9. The van der Waals surface area contributed by atoms with Gasteiger partial charge in [0, 0.05) is 24.7 Å². The lowest BCUT2D eigenvalue weighted by Gasteiger charge is -2.35. The first-order valence-electron chi connectivity index (χ1n) is 8.06. The summed E-state index contributed by atoms with van der Waals surface area (Å²) in [5.74, 6) is 0.561. The lowest BCUT2D eigenvalue weighted by molar-refractivity contribution is -0.126. The number of hydrogen-bond acceptors (Lipinski definition) is 3. The molecule has 1 aliphatic rings. The van der Waals surface area contributed by atoms with E-state index in [9.17, 15) is 9.18 Å². The second-order valence-corrected chi connectivity index (χ2v) is 6.51. The van der Waals surface area contributed by atoms with Gasteiger partial charge in [0.25, 0.3) is 5.91 Å². The molecule has 24 heavy (non-hydrogen) atoms. The van der Waals surface area contributed by atoms with E-state index >= 15 is 0 Å². The van der Waals surface area contributed by atoms with Gasteiger partial charge >= 0.3 is 0 Å². The summed E-state index contributed by atoms with van der Waals surface area (Å²) in [5.41, 5.74) is 8.05. The standard InChI is InChI=1S/C19H21FN2O2/c1-12(2)11-22-16-8-7-15(21)10-17(16)24-18(19(22)23)9-13-3-5-14(20)6-4-13/h3-8,10,12,18H,9,11,21H2,1-2H3. The van der Waals surface area contributed by atoms with Crippen molar-refractivity contribution in [2.75, 3.05) is 17.2 Å². The number of benzene rings is 2. The molecule has 0 saturated carbocycles. The van der Waals surface area contributed by atoms with E-state index < -0.39 is 6.10 Å².